The van der Waals surface area contributed by atoms with Crippen molar-refractivity contribution in [2.75, 3.05) is 7.05 Å². The Balaban J connectivity index is 1.87. The van der Waals surface area contributed by atoms with Gasteiger partial charge in [-0.2, -0.15) is 0 Å². The molecule has 0 unspecified atom stereocenters. The number of carbonyl (C=O) groups excluding carboxylic acids is 2. The molecule has 0 fully saturated rings. The number of carbonyl (C=O) groups is 2. The smallest absolute Gasteiger partial charge is 0.257 e. The first-order chi connectivity index (χ1) is 14.9. The molecule has 31 heavy (non-hydrogen) atoms. The van der Waals surface area contributed by atoms with Gasteiger partial charge in [-0.15, -0.1) is 0 Å². The van der Waals surface area contributed by atoms with Crippen molar-refractivity contribution in [3.63, 3.8) is 0 Å². The van der Waals surface area contributed by atoms with E-state index in [4.69, 9.17) is 0 Å². The van der Waals surface area contributed by atoms with Gasteiger partial charge in [0.25, 0.3) is 11.8 Å². The highest BCUT2D eigenvalue weighted by Crippen LogP contribution is 2.13. The van der Waals surface area contributed by atoms with E-state index in [2.05, 4.69) is 10.6 Å². The molecule has 0 bridgehead atoms. The van der Waals surface area contributed by atoms with Crippen LogP contribution in [0, 0.1) is 5.82 Å². The summed E-state index contributed by atoms with van der Waals surface area (Å²) < 4.78 is 14.8. The molecule has 7 heteroatoms. The molecule has 6 nitrogen and oxygen atoms in total. The van der Waals surface area contributed by atoms with Crippen LogP contribution >= 0.6 is 0 Å². The molecule has 2 N–H and O–H groups in total. The fourth-order valence-electron chi connectivity index (χ4n) is 3.23. The monoisotopic (exact) mass is 421 g/mol. The maximum Gasteiger partial charge on any atom is 0.257 e. The highest BCUT2D eigenvalue weighted by Gasteiger charge is 2.20. The summed E-state index contributed by atoms with van der Waals surface area (Å²) in [6.07, 6.45) is 3.60. The highest BCUT2D eigenvalue weighted by atomic mass is 19.1. The van der Waals surface area contributed by atoms with Crippen LogP contribution in [0.15, 0.2) is 71.8 Å². The Morgan fingerprint density at radius 1 is 0.968 bits per heavy atom. The van der Waals surface area contributed by atoms with E-state index in [0.717, 1.165) is 5.56 Å². The SMILES string of the molecule is CNC(=O)c1cn(CCc2ccccc2)cc(C(=O)N[C@H](C)c2ccc(F)cc2)c1=O. The van der Waals surface area contributed by atoms with Crippen LogP contribution in [0.25, 0.3) is 0 Å². The van der Waals surface area contributed by atoms with Gasteiger partial charge >= 0.3 is 0 Å². The van der Waals surface area contributed by atoms with E-state index in [0.29, 0.717) is 18.5 Å². The average molecular weight is 421 g/mol. The van der Waals surface area contributed by atoms with Crippen LogP contribution in [-0.2, 0) is 13.0 Å². The van der Waals surface area contributed by atoms with Crippen LogP contribution in [0.3, 0.4) is 0 Å². The largest absolute Gasteiger partial charge is 0.355 e. The van der Waals surface area contributed by atoms with E-state index in [9.17, 15) is 18.8 Å². The number of hydrogen-bond acceptors (Lipinski definition) is 3. The Kier molecular flexibility index (Phi) is 6.97. The third-order valence-corrected chi connectivity index (χ3v) is 5.01. The predicted molar refractivity (Wildman–Crippen MR) is 117 cm³/mol. The Morgan fingerprint density at radius 3 is 2.19 bits per heavy atom. The van der Waals surface area contributed by atoms with E-state index in [-0.39, 0.29) is 16.9 Å². The van der Waals surface area contributed by atoms with E-state index in [1.807, 2.05) is 30.3 Å². The zero-order valence-corrected chi connectivity index (χ0v) is 17.4. The lowest BCUT2D eigenvalue weighted by molar-refractivity contribution is 0.0938. The van der Waals surface area contributed by atoms with Crippen LogP contribution in [-0.4, -0.2) is 23.4 Å². The summed E-state index contributed by atoms with van der Waals surface area (Å²) in [5.74, 6) is -1.53. The van der Waals surface area contributed by atoms with Crippen molar-refractivity contribution >= 4 is 11.8 Å². The minimum absolute atomic E-state index is 0.0994. The molecule has 160 valence electrons. The number of aromatic nitrogens is 1. The van der Waals surface area contributed by atoms with E-state index < -0.39 is 23.3 Å². The van der Waals surface area contributed by atoms with Gasteiger partial charge in [0.2, 0.25) is 5.43 Å². The van der Waals surface area contributed by atoms with E-state index in [1.165, 1.54) is 31.6 Å². The minimum atomic E-state index is -0.640. The molecule has 0 aliphatic heterocycles. The lowest BCUT2D eigenvalue weighted by atomic mass is 10.1. The summed E-state index contributed by atoms with van der Waals surface area (Å²) in [4.78, 5) is 37.9. The topological polar surface area (TPSA) is 80.2 Å². The number of hydrogen-bond donors (Lipinski definition) is 2. The fourth-order valence-corrected chi connectivity index (χ4v) is 3.23. The summed E-state index contributed by atoms with van der Waals surface area (Å²) in [5, 5.41) is 5.19. The number of nitrogens with zero attached hydrogens (tertiary/aromatic N) is 1. The average Bonchev–Trinajstić information content (AvgIpc) is 2.78. The van der Waals surface area contributed by atoms with Crippen LogP contribution in [0.1, 0.15) is 44.8 Å². The number of benzene rings is 2. The molecule has 1 aromatic heterocycles. The highest BCUT2D eigenvalue weighted by molar-refractivity contribution is 5.99. The van der Waals surface area contributed by atoms with Gasteiger partial charge in [-0.05, 0) is 36.6 Å². The quantitative estimate of drug-likeness (QED) is 0.615. The number of aryl methyl sites for hydroxylation is 2. The molecule has 2 amide bonds. The Labute approximate surface area is 179 Å². The molecule has 2 aromatic carbocycles. The molecular weight excluding hydrogens is 397 g/mol. The number of nitrogens with one attached hydrogen (secondary N) is 2. The zero-order chi connectivity index (χ0) is 22.4. The Bertz CT molecular complexity index is 1130. The van der Waals surface area contributed by atoms with Crippen molar-refractivity contribution in [2.45, 2.75) is 25.9 Å². The molecule has 1 heterocycles. The predicted octanol–water partition coefficient (Wildman–Crippen LogP) is 3.08. The third-order valence-electron chi connectivity index (χ3n) is 5.01. The van der Waals surface area contributed by atoms with Gasteiger partial charge in [-0.25, -0.2) is 4.39 Å². The van der Waals surface area contributed by atoms with Gasteiger partial charge in [0.1, 0.15) is 16.9 Å². The fraction of sp³-hybridized carbons (Fsp3) is 0.208. The van der Waals surface area contributed by atoms with Gasteiger partial charge in [-0.3, -0.25) is 14.4 Å². The normalized spacial score (nSPS) is 11.6. The molecule has 0 aliphatic carbocycles. The number of rotatable bonds is 7. The number of halogens is 1. The molecule has 3 rings (SSSR count). The Morgan fingerprint density at radius 2 is 1.58 bits per heavy atom. The lowest BCUT2D eigenvalue weighted by Crippen LogP contribution is -2.35. The van der Waals surface area contributed by atoms with Crippen LogP contribution < -0.4 is 16.1 Å². The van der Waals surface area contributed by atoms with Crippen LogP contribution in [0.4, 0.5) is 4.39 Å². The molecule has 0 radical (unpaired) electrons. The lowest BCUT2D eigenvalue weighted by Gasteiger charge is -2.16. The van der Waals surface area contributed by atoms with Crippen molar-refractivity contribution in [1.82, 2.24) is 15.2 Å². The van der Waals surface area contributed by atoms with Gasteiger partial charge in [0.05, 0.1) is 6.04 Å². The third kappa shape index (κ3) is 5.45. The van der Waals surface area contributed by atoms with Gasteiger partial charge in [0.15, 0.2) is 0 Å². The molecule has 3 aromatic rings. The molecule has 0 spiro atoms. The molecule has 0 saturated carbocycles. The first-order valence-electron chi connectivity index (χ1n) is 9.95. The minimum Gasteiger partial charge on any atom is -0.355 e. The van der Waals surface area contributed by atoms with Crippen LogP contribution in [0.5, 0.6) is 0 Å². The first kappa shape index (κ1) is 22.0. The second kappa shape index (κ2) is 9.84. The number of pyridine rings is 1. The molecule has 0 saturated heterocycles. The van der Waals surface area contributed by atoms with E-state index >= 15 is 0 Å². The van der Waals surface area contributed by atoms with Gasteiger partial charge in [-0.1, -0.05) is 42.5 Å². The van der Waals surface area contributed by atoms with E-state index in [1.54, 1.807) is 23.6 Å². The van der Waals surface area contributed by atoms with Crippen molar-refractivity contribution in [3.05, 3.63) is 105 Å². The summed E-state index contributed by atoms with van der Waals surface area (Å²) in [6, 6.07) is 15.1. The summed E-state index contributed by atoms with van der Waals surface area (Å²) in [7, 11) is 1.43. The second-order valence-electron chi connectivity index (χ2n) is 7.21. The van der Waals surface area contributed by atoms with Crippen molar-refractivity contribution < 1.29 is 14.0 Å². The summed E-state index contributed by atoms with van der Waals surface area (Å²) in [5.41, 5.74) is 0.931. The Hall–Kier alpha value is -3.74. The molecule has 1 atom stereocenters. The number of amides is 2. The molecule has 0 aliphatic rings. The maximum atomic E-state index is 13.2. The van der Waals surface area contributed by atoms with Gasteiger partial charge in [0, 0.05) is 26.0 Å². The van der Waals surface area contributed by atoms with Crippen molar-refractivity contribution in [1.29, 1.82) is 0 Å². The molecular formula is C24H24FN3O3. The maximum absolute atomic E-state index is 13.2. The second-order valence-corrected chi connectivity index (χ2v) is 7.21. The standard InChI is InChI=1S/C24H24FN3O3/c1-16(18-8-10-19(25)11-9-18)27-24(31)21-15-28(13-12-17-6-4-3-5-7-17)14-20(22(21)29)23(30)26-2/h3-11,14-16H,12-13H2,1-2H3,(H,26,30)(H,27,31)/t16-/m1/s1. The van der Waals surface area contributed by atoms with Crippen molar-refractivity contribution in [2.24, 2.45) is 0 Å². The van der Waals surface area contributed by atoms with Crippen molar-refractivity contribution in [3.8, 4) is 0 Å². The summed E-state index contributed by atoms with van der Waals surface area (Å²) in [6.45, 7) is 2.23. The zero-order valence-electron chi connectivity index (χ0n) is 17.4. The first-order valence-corrected chi connectivity index (χ1v) is 9.95. The van der Waals surface area contributed by atoms with Crippen LogP contribution in [0.2, 0.25) is 0 Å². The van der Waals surface area contributed by atoms with Gasteiger partial charge < -0.3 is 15.2 Å². The summed E-state index contributed by atoms with van der Waals surface area (Å²) >= 11 is 0.